The molecular formula is C14H11ClN4O3S. The lowest BCUT2D eigenvalue weighted by atomic mass is 10.2. The summed E-state index contributed by atoms with van der Waals surface area (Å²) >= 11 is 10.9. The molecule has 2 rings (SSSR count). The van der Waals surface area contributed by atoms with Crippen molar-refractivity contribution in [2.24, 2.45) is 0 Å². The van der Waals surface area contributed by atoms with E-state index in [2.05, 4.69) is 16.2 Å². The number of hydrogen-bond donors (Lipinski definition) is 3. The average molecular weight is 351 g/mol. The molecule has 0 radical (unpaired) electrons. The van der Waals surface area contributed by atoms with Crippen LogP contribution in [0.4, 0.5) is 11.4 Å². The Hall–Kier alpha value is -2.71. The topological polar surface area (TPSA) is 96.3 Å². The molecule has 0 aliphatic carbocycles. The lowest BCUT2D eigenvalue weighted by Crippen LogP contribution is -2.43. The van der Waals surface area contributed by atoms with Crippen molar-refractivity contribution in [3.8, 4) is 0 Å². The fourth-order valence-corrected chi connectivity index (χ4v) is 2.05. The zero-order chi connectivity index (χ0) is 16.8. The standard InChI is InChI=1S/C14H11ClN4O3S/c15-12-4-2-1-3-11(12)13(20)17-18-14(23)16-9-5-7-10(8-6-9)19(21)22/h1-8H,(H,17,20)(H2,16,18,23). The average Bonchev–Trinajstić information content (AvgIpc) is 2.53. The van der Waals surface area contributed by atoms with Gasteiger partial charge in [-0.3, -0.25) is 25.8 Å². The number of hydrogen-bond acceptors (Lipinski definition) is 4. The van der Waals surface area contributed by atoms with Gasteiger partial charge in [0.15, 0.2) is 5.11 Å². The molecule has 1 amide bonds. The van der Waals surface area contributed by atoms with Crippen LogP contribution < -0.4 is 16.2 Å². The van der Waals surface area contributed by atoms with E-state index in [4.69, 9.17) is 23.8 Å². The number of thiocarbonyl (C=S) groups is 1. The highest BCUT2D eigenvalue weighted by molar-refractivity contribution is 7.80. The van der Waals surface area contributed by atoms with Crippen molar-refractivity contribution in [3.05, 3.63) is 69.2 Å². The summed E-state index contributed by atoms with van der Waals surface area (Å²) in [5, 5.41) is 13.8. The van der Waals surface area contributed by atoms with Gasteiger partial charge in [-0.25, -0.2) is 0 Å². The van der Waals surface area contributed by atoms with Crippen LogP contribution in [0.2, 0.25) is 5.02 Å². The van der Waals surface area contributed by atoms with Crippen LogP contribution in [0.25, 0.3) is 0 Å². The van der Waals surface area contributed by atoms with E-state index in [1.165, 1.54) is 24.3 Å². The molecule has 0 atom stereocenters. The fourth-order valence-electron chi connectivity index (χ4n) is 1.66. The summed E-state index contributed by atoms with van der Waals surface area (Å²) in [4.78, 5) is 22.0. The highest BCUT2D eigenvalue weighted by Gasteiger charge is 2.09. The van der Waals surface area contributed by atoms with E-state index in [0.717, 1.165) is 0 Å². The normalized spacial score (nSPS) is 9.78. The number of anilines is 1. The molecule has 2 aromatic rings. The number of nitrogens with one attached hydrogen (secondary N) is 3. The Labute approximate surface area is 141 Å². The van der Waals surface area contributed by atoms with Crippen LogP contribution in [0.15, 0.2) is 48.5 Å². The number of hydrazine groups is 1. The Bertz CT molecular complexity index is 752. The second-order valence-corrected chi connectivity index (χ2v) is 5.13. The second kappa shape index (κ2) is 7.52. The molecule has 23 heavy (non-hydrogen) atoms. The van der Waals surface area contributed by atoms with Gasteiger partial charge in [-0.15, -0.1) is 0 Å². The van der Waals surface area contributed by atoms with Crippen LogP contribution in [0.1, 0.15) is 10.4 Å². The van der Waals surface area contributed by atoms with Crippen LogP contribution in [-0.2, 0) is 0 Å². The number of halogens is 1. The van der Waals surface area contributed by atoms with E-state index in [9.17, 15) is 14.9 Å². The first-order chi connectivity index (χ1) is 11.0. The van der Waals surface area contributed by atoms with Crippen LogP contribution in [0.5, 0.6) is 0 Å². The van der Waals surface area contributed by atoms with Crippen molar-refractivity contribution in [2.75, 3.05) is 5.32 Å². The van der Waals surface area contributed by atoms with Crippen molar-refractivity contribution in [1.82, 2.24) is 10.9 Å². The Balaban J connectivity index is 1.89. The molecule has 0 saturated carbocycles. The van der Waals surface area contributed by atoms with Crippen molar-refractivity contribution in [2.45, 2.75) is 0 Å². The van der Waals surface area contributed by atoms with Gasteiger partial charge in [0, 0.05) is 17.8 Å². The predicted octanol–water partition coefficient (Wildman–Crippen LogP) is 2.88. The Kier molecular flexibility index (Phi) is 5.45. The molecule has 0 unspecified atom stereocenters. The lowest BCUT2D eigenvalue weighted by Gasteiger charge is -2.12. The molecule has 9 heteroatoms. The number of benzene rings is 2. The summed E-state index contributed by atoms with van der Waals surface area (Å²) in [5.74, 6) is -0.441. The molecule has 0 saturated heterocycles. The number of carbonyl (C=O) groups is 1. The van der Waals surface area contributed by atoms with Gasteiger partial charge in [0.2, 0.25) is 0 Å². The van der Waals surface area contributed by atoms with E-state index in [1.807, 2.05) is 0 Å². The maximum Gasteiger partial charge on any atom is 0.271 e. The summed E-state index contributed by atoms with van der Waals surface area (Å²) in [6, 6.07) is 12.3. The molecule has 0 aromatic heterocycles. The third-order valence-electron chi connectivity index (χ3n) is 2.74. The van der Waals surface area contributed by atoms with Gasteiger partial charge >= 0.3 is 0 Å². The number of nitro groups is 1. The molecule has 0 spiro atoms. The van der Waals surface area contributed by atoms with Gasteiger partial charge < -0.3 is 5.32 Å². The van der Waals surface area contributed by atoms with Gasteiger partial charge in [0.05, 0.1) is 15.5 Å². The molecule has 0 aliphatic rings. The number of non-ortho nitro benzene ring substituents is 1. The number of carbonyl (C=O) groups excluding carboxylic acids is 1. The third-order valence-corrected chi connectivity index (χ3v) is 3.28. The van der Waals surface area contributed by atoms with Gasteiger partial charge in [-0.2, -0.15) is 0 Å². The minimum Gasteiger partial charge on any atom is -0.331 e. The van der Waals surface area contributed by atoms with E-state index in [0.29, 0.717) is 16.3 Å². The smallest absolute Gasteiger partial charge is 0.271 e. The van der Waals surface area contributed by atoms with Crippen molar-refractivity contribution in [3.63, 3.8) is 0 Å². The second-order valence-electron chi connectivity index (χ2n) is 4.32. The van der Waals surface area contributed by atoms with Gasteiger partial charge in [-0.05, 0) is 36.5 Å². The molecular weight excluding hydrogens is 340 g/mol. The molecule has 0 fully saturated rings. The first-order valence-corrected chi connectivity index (χ1v) is 7.12. The lowest BCUT2D eigenvalue weighted by molar-refractivity contribution is -0.384. The first kappa shape index (κ1) is 16.7. The van der Waals surface area contributed by atoms with E-state index < -0.39 is 10.8 Å². The maximum atomic E-state index is 11.9. The quantitative estimate of drug-likeness (QED) is 0.447. The van der Waals surface area contributed by atoms with Crippen LogP contribution in [-0.4, -0.2) is 15.9 Å². The van der Waals surface area contributed by atoms with Crippen LogP contribution in [0, 0.1) is 10.1 Å². The third kappa shape index (κ3) is 4.63. The molecule has 7 nitrogen and oxygen atoms in total. The van der Waals surface area contributed by atoms with Gasteiger partial charge in [0.1, 0.15) is 0 Å². The summed E-state index contributed by atoms with van der Waals surface area (Å²) in [7, 11) is 0. The Morgan fingerprint density at radius 3 is 2.35 bits per heavy atom. The minimum absolute atomic E-state index is 0.0264. The van der Waals surface area contributed by atoms with Crippen molar-refractivity contribution < 1.29 is 9.72 Å². The predicted molar refractivity (Wildman–Crippen MR) is 91.4 cm³/mol. The van der Waals surface area contributed by atoms with E-state index >= 15 is 0 Å². The molecule has 2 aromatic carbocycles. The van der Waals surface area contributed by atoms with Crippen LogP contribution in [0.3, 0.4) is 0 Å². The Morgan fingerprint density at radius 2 is 1.74 bits per heavy atom. The summed E-state index contributed by atoms with van der Waals surface area (Å²) < 4.78 is 0. The maximum absolute atomic E-state index is 11.9. The molecule has 118 valence electrons. The molecule has 3 N–H and O–H groups in total. The molecule has 0 aliphatic heterocycles. The molecule has 0 heterocycles. The fraction of sp³-hybridized carbons (Fsp3) is 0. The van der Waals surface area contributed by atoms with Crippen molar-refractivity contribution >= 4 is 46.2 Å². The summed E-state index contributed by atoms with van der Waals surface area (Å²) in [5.41, 5.74) is 5.75. The largest absolute Gasteiger partial charge is 0.331 e. The number of rotatable bonds is 3. The first-order valence-electron chi connectivity index (χ1n) is 6.33. The minimum atomic E-state index is -0.496. The number of amides is 1. The Morgan fingerprint density at radius 1 is 1.09 bits per heavy atom. The SMILES string of the molecule is O=C(NNC(=S)Nc1ccc([N+](=O)[O-])cc1)c1ccccc1Cl. The zero-order valence-corrected chi connectivity index (χ0v) is 13.1. The highest BCUT2D eigenvalue weighted by atomic mass is 35.5. The van der Waals surface area contributed by atoms with Gasteiger partial charge in [0.25, 0.3) is 11.6 Å². The number of nitro benzene ring substituents is 1. The monoisotopic (exact) mass is 350 g/mol. The highest BCUT2D eigenvalue weighted by Crippen LogP contribution is 2.15. The molecule has 0 bridgehead atoms. The van der Waals surface area contributed by atoms with Crippen LogP contribution >= 0.6 is 23.8 Å². The van der Waals surface area contributed by atoms with Gasteiger partial charge in [-0.1, -0.05) is 23.7 Å². The van der Waals surface area contributed by atoms with E-state index in [1.54, 1.807) is 24.3 Å². The summed E-state index contributed by atoms with van der Waals surface area (Å²) in [6.07, 6.45) is 0. The summed E-state index contributed by atoms with van der Waals surface area (Å²) in [6.45, 7) is 0. The number of nitrogens with zero attached hydrogens (tertiary/aromatic N) is 1. The zero-order valence-electron chi connectivity index (χ0n) is 11.6. The van der Waals surface area contributed by atoms with E-state index in [-0.39, 0.29) is 10.8 Å². The van der Waals surface area contributed by atoms with Crippen molar-refractivity contribution in [1.29, 1.82) is 0 Å².